The number of rotatable bonds is 13. The lowest BCUT2D eigenvalue weighted by Gasteiger charge is -2.19. The minimum atomic E-state index is -1.20. The number of amides is 3. The topological polar surface area (TPSA) is 153 Å². The third kappa shape index (κ3) is 9.29. The van der Waals surface area contributed by atoms with Crippen LogP contribution in [0.15, 0.2) is 18.2 Å². The molecule has 1 aromatic rings. The maximum atomic E-state index is 12.1. The van der Waals surface area contributed by atoms with E-state index in [2.05, 4.69) is 12.2 Å². The summed E-state index contributed by atoms with van der Waals surface area (Å²) < 4.78 is 0. The molecule has 9 heteroatoms. The van der Waals surface area contributed by atoms with Crippen LogP contribution in [0.1, 0.15) is 57.4 Å². The van der Waals surface area contributed by atoms with Crippen molar-refractivity contribution in [1.82, 2.24) is 10.4 Å². The highest BCUT2D eigenvalue weighted by Gasteiger charge is 2.24. The molecule has 6 N–H and O–H groups in total. The highest BCUT2D eigenvalue weighted by molar-refractivity contribution is 5.90. The number of unbranched alkanes of at least 4 members (excludes halogenated alkanes) is 4. The van der Waals surface area contributed by atoms with Crippen LogP contribution >= 0.6 is 0 Å². The second-order valence-corrected chi connectivity index (χ2v) is 6.98. The van der Waals surface area contributed by atoms with Crippen LogP contribution in [0, 0.1) is 0 Å². The van der Waals surface area contributed by atoms with E-state index in [1.807, 2.05) is 0 Å². The average molecular weight is 409 g/mol. The van der Waals surface area contributed by atoms with Crippen molar-refractivity contribution >= 4 is 17.7 Å². The molecule has 9 nitrogen and oxygen atoms in total. The molecule has 0 aliphatic carbocycles. The molecule has 162 valence electrons. The fourth-order valence-corrected chi connectivity index (χ4v) is 2.74. The lowest BCUT2D eigenvalue weighted by molar-refractivity contribution is -0.166. The number of hydrogen-bond donors (Lipinski definition) is 5. The van der Waals surface area contributed by atoms with Crippen LogP contribution < -0.4 is 11.1 Å². The van der Waals surface area contributed by atoms with Crippen molar-refractivity contribution in [2.75, 3.05) is 6.54 Å². The van der Waals surface area contributed by atoms with E-state index in [1.54, 1.807) is 6.07 Å². The molecule has 0 aliphatic rings. The van der Waals surface area contributed by atoms with Crippen LogP contribution in [0.4, 0.5) is 0 Å². The normalized spacial score (nSPS) is 11.7. The van der Waals surface area contributed by atoms with Gasteiger partial charge in [0.25, 0.3) is 0 Å². The van der Waals surface area contributed by atoms with Crippen LogP contribution in [0.25, 0.3) is 0 Å². The average Bonchev–Trinajstić information content (AvgIpc) is 2.67. The van der Waals surface area contributed by atoms with Crippen molar-refractivity contribution in [2.45, 2.75) is 64.3 Å². The lowest BCUT2D eigenvalue weighted by Crippen LogP contribution is -2.47. The second-order valence-electron chi connectivity index (χ2n) is 6.98. The molecule has 0 aromatic heterocycles. The summed E-state index contributed by atoms with van der Waals surface area (Å²) in [5.74, 6) is -2.54. The van der Waals surface area contributed by atoms with Gasteiger partial charge in [0.05, 0.1) is 13.0 Å². The summed E-state index contributed by atoms with van der Waals surface area (Å²) in [5.41, 5.74) is 5.86. The number of nitrogens with one attached hydrogen (secondary N) is 1. The fraction of sp³-hybridized carbons (Fsp3) is 0.550. The zero-order valence-corrected chi connectivity index (χ0v) is 16.8. The minimum Gasteiger partial charge on any atom is -0.504 e. The number of benzene rings is 1. The summed E-state index contributed by atoms with van der Waals surface area (Å²) >= 11 is 0. The minimum absolute atomic E-state index is 0.0973. The number of nitrogens with zero attached hydrogens (tertiary/aromatic N) is 1. The summed E-state index contributed by atoms with van der Waals surface area (Å²) in [4.78, 5) is 35.7. The molecule has 1 atom stereocenters. The summed E-state index contributed by atoms with van der Waals surface area (Å²) in [6.07, 6.45) is 4.86. The molecule has 0 unspecified atom stereocenters. The van der Waals surface area contributed by atoms with Gasteiger partial charge in [-0.3, -0.25) is 19.6 Å². The van der Waals surface area contributed by atoms with Gasteiger partial charge in [-0.25, -0.2) is 5.06 Å². The summed E-state index contributed by atoms with van der Waals surface area (Å²) in [6, 6.07) is 2.97. The summed E-state index contributed by atoms with van der Waals surface area (Å²) in [6.45, 7) is 2.00. The van der Waals surface area contributed by atoms with Gasteiger partial charge in [0, 0.05) is 6.42 Å². The highest BCUT2D eigenvalue weighted by atomic mass is 16.5. The van der Waals surface area contributed by atoms with Crippen molar-refractivity contribution in [3.63, 3.8) is 0 Å². The first-order valence-corrected chi connectivity index (χ1v) is 9.83. The van der Waals surface area contributed by atoms with Gasteiger partial charge in [-0.1, -0.05) is 38.7 Å². The molecule has 0 radical (unpaired) electrons. The third-order valence-corrected chi connectivity index (χ3v) is 4.50. The van der Waals surface area contributed by atoms with E-state index in [-0.39, 0.29) is 36.8 Å². The first kappa shape index (κ1) is 24.2. The standard InChI is InChI=1S/C20H31N3O6/c1-2-3-4-5-6-7-18(26)22-15(20(21)28)13-19(27)23(29)11-10-14-8-9-16(24)17(25)12-14/h8-9,12,15,24-25,29H,2-7,10-11,13H2,1H3,(H2,21,28)(H,22,26)/t15-/m1/s1. The number of aromatic hydroxyl groups is 2. The van der Waals surface area contributed by atoms with Crippen LogP contribution in [-0.4, -0.2) is 50.8 Å². The molecule has 0 spiro atoms. The van der Waals surface area contributed by atoms with E-state index < -0.39 is 24.3 Å². The Morgan fingerprint density at radius 2 is 1.79 bits per heavy atom. The SMILES string of the molecule is CCCCCCCC(=O)N[C@H](CC(=O)N(O)CCc1ccc(O)c(O)c1)C(N)=O. The van der Waals surface area contributed by atoms with Crippen LogP contribution in [-0.2, 0) is 20.8 Å². The first-order chi connectivity index (χ1) is 13.7. The van der Waals surface area contributed by atoms with Crippen molar-refractivity contribution in [3.8, 4) is 11.5 Å². The molecular weight excluding hydrogens is 378 g/mol. The largest absolute Gasteiger partial charge is 0.504 e. The van der Waals surface area contributed by atoms with E-state index in [9.17, 15) is 29.8 Å². The van der Waals surface area contributed by atoms with Crippen molar-refractivity contribution < 1.29 is 29.8 Å². The predicted molar refractivity (Wildman–Crippen MR) is 106 cm³/mol. The number of hydroxylamine groups is 2. The Labute approximate surface area is 170 Å². The van der Waals surface area contributed by atoms with E-state index in [0.717, 1.165) is 25.7 Å². The molecule has 0 aliphatic heterocycles. The third-order valence-electron chi connectivity index (χ3n) is 4.50. The quantitative estimate of drug-likeness (QED) is 0.144. The highest BCUT2D eigenvalue weighted by Crippen LogP contribution is 2.25. The molecule has 0 saturated heterocycles. The van der Waals surface area contributed by atoms with Crippen molar-refractivity contribution in [2.24, 2.45) is 5.73 Å². The Kier molecular flexibility index (Phi) is 10.5. The lowest BCUT2D eigenvalue weighted by atomic mass is 10.1. The van der Waals surface area contributed by atoms with Gasteiger partial charge in [-0.05, 0) is 30.5 Å². The predicted octanol–water partition coefficient (Wildman–Crippen LogP) is 1.58. The molecule has 0 fully saturated rings. The molecule has 0 bridgehead atoms. The Balaban J connectivity index is 2.46. The number of phenolic OH excluding ortho intramolecular Hbond substituents is 2. The van der Waals surface area contributed by atoms with Crippen LogP contribution in [0.3, 0.4) is 0 Å². The number of primary amides is 1. The fourth-order valence-electron chi connectivity index (χ4n) is 2.74. The molecule has 1 aromatic carbocycles. The number of carbonyl (C=O) groups is 3. The van der Waals surface area contributed by atoms with Gasteiger partial charge < -0.3 is 21.3 Å². The van der Waals surface area contributed by atoms with E-state index in [0.29, 0.717) is 17.0 Å². The number of nitrogens with two attached hydrogens (primary N) is 1. The molecule has 1 rings (SSSR count). The smallest absolute Gasteiger partial charge is 0.248 e. The van der Waals surface area contributed by atoms with Crippen molar-refractivity contribution in [3.05, 3.63) is 23.8 Å². The monoisotopic (exact) mass is 409 g/mol. The van der Waals surface area contributed by atoms with Crippen LogP contribution in [0.2, 0.25) is 0 Å². The zero-order chi connectivity index (χ0) is 21.8. The van der Waals surface area contributed by atoms with Gasteiger partial charge >= 0.3 is 0 Å². The molecule has 3 amide bonds. The molecule has 0 saturated carbocycles. The van der Waals surface area contributed by atoms with Crippen LogP contribution in [0.5, 0.6) is 11.5 Å². The maximum Gasteiger partial charge on any atom is 0.248 e. The van der Waals surface area contributed by atoms with Crippen molar-refractivity contribution in [1.29, 1.82) is 0 Å². The Bertz CT molecular complexity index is 695. The summed E-state index contributed by atoms with van der Waals surface area (Å²) in [7, 11) is 0. The molecule has 0 heterocycles. The van der Waals surface area contributed by atoms with Gasteiger partial charge in [-0.2, -0.15) is 0 Å². The van der Waals surface area contributed by atoms with E-state index in [4.69, 9.17) is 5.73 Å². The molecular formula is C20H31N3O6. The van der Waals surface area contributed by atoms with E-state index >= 15 is 0 Å². The Morgan fingerprint density at radius 1 is 1.10 bits per heavy atom. The van der Waals surface area contributed by atoms with Gasteiger partial charge in [0.15, 0.2) is 11.5 Å². The zero-order valence-electron chi connectivity index (χ0n) is 16.8. The van der Waals surface area contributed by atoms with Gasteiger partial charge in [0.2, 0.25) is 17.7 Å². The number of phenols is 2. The molecule has 29 heavy (non-hydrogen) atoms. The van der Waals surface area contributed by atoms with Gasteiger partial charge in [0.1, 0.15) is 6.04 Å². The first-order valence-electron chi connectivity index (χ1n) is 9.83. The second kappa shape index (κ2) is 12.6. The maximum absolute atomic E-state index is 12.1. The summed E-state index contributed by atoms with van der Waals surface area (Å²) in [5, 5.41) is 31.5. The van der Waals surface area contributed by atoms with E-state index in [1.165, 1.54) is 12.1 Å². The van der Waals surface area contributed by atoms with Gasteiger partial charge in [-0.15, -0.1) is 0 Å². The Morgan fingerprint density at radius 3 is 2.41 bits per heavy atom. The number of carbonyl (C=O) groups excluding carboxylic acids is 3. The Hall–Kier alpha value is -2.81. The number of hydrogen-bond acceptors (Lipinski definition) is 6.